The fourth-order valence-electron chi connectivity index (χ4n) is 1.66. The van der Waals surface area contributed by atoms with Gasteiger partial charge in [-0.2, -0.15) is 0 Å². The van der Waals surface area contributed by atoms with Gasteiger partial charge in [-0.3, -0.25) is 4.79 Å². The second-order valence-electron chi connectivity index (χ2n) is 4.12. The van der Waals surface area contributed by atoms with Crippen molar-refractivity contribution in [2.75, 3.05) is 5.32 Å². The van der Waals surface area contributed by atoms with E-state index < -0.39 is 0 Å². The molecule has 0 spiro atoms. The van der Waals surface area contributed by atoms with Crippen molar-refractivity contribution in [2.45, 2.75) is 26.2 Å². The highest BCUT2D eigenvalue weighted by Gasteiger charge is 2.08. The first-order chi connectivity index (χ1) is 8.79. The predicted molar refractivity (Wildman–Crippen MR) is 69.5 cm³/mol. The Balaban J connectivity index is 1.96. The molecule has 0 saturated heterocycles. The van der Waals surface area contributed by atoms with E-state index in [1.807, 2.05) is 24.3 Å². The normalized spacial score (nSPS) is 10.3. The van der Waals surface area contributed by atoms with Crippen molar-refractivity contribution in [2.24, 2.45) is 0 Å². The molecule has 1 heterocycles. The highest BCUT2D eigenvalue weighted by atomic mass is 16.3. The number of carbonyl (C=O) groups is 1. The Morgan fingerprint density at radius 1 is 1.33 bits per heavy atom. The lowest BCUT2D eigenvalue weighted by Gasteiger charge is -2.04. The monoisotopic (exact) mass is 244 g/mol. The molecule has 0 atom stereocenters. The minimum absolute atomic E-state index is 0.213. The van der Waals surface area contributed by atoms with Crippen LogP contribution in [0.15, 0.2) is 41.3 Å². The largest absolute Gasteiger partial charge is 0.438 e. The van der Waals surface area contributed by atoms with Crippen molar-refractivity contribution in [3.63, 3.8) is 0 Å². The van der Waals surface area contributed by atoms with Gasteiger partial charge in [0.25, 0.3) is 5.91 Å². The van der Waals surface area contributed by atoms with Gasteiger partial charge in [0, 0.05) is 5.69 Å². The molecule has 1 amide bonds. The molecule has 4 nitrogen and oxygen atoms in total. The number of hydrogen-bond donors (Lipinski definition) is 1. The zero-order chi connectivity index (χ0) is 12.8. The quantitative estimate of drug-likeness (QED) is 0.878. The van der Waals surface area contributed by atoms with Gasteiger partial charge in [0.15, 0.2) is 6.39 Å². The van der Waals surface area contributed by atoms with Gasteiger partial charge in [0.1, 0.15) is 0 Å². The minimum Gasteiger partial charge on any atom is -0.438 e. The van der Waals surface area contributed by atoms with Crippen molar-refractivity contribution < 1.29 is 9.21 Å². The van der Waals surface area contributed by atoms with Crippen LogP contribution in [0.5, 0.6) is 0 Å². The molecule has 1 aromatic heterocycles. The van der Waals surface area contributed by atoms with Crippen molar-refractivity contribution >= 4 is 11.6 Å². The molecule has 0 aliphatic carbocycles. The zero-order valence-corrected chi connectivity index (χ0v) is 10.3. The molecular weight excluding hydrogens is 228 g/mol. The molecule has 0 aliphatic heterocycles. The smallest absolute Gasteiger partial charge is 0.293 e. The van der Waals surface area contributed by atoms with Crippen LogP contribution in [0.1, 0.15) is 35.9 Å². The van der Waals surface area contributed by atoms with Crippen LogP contribution in [0.3, 0.4) is 0 Å². The molecular formula is C14H16N2O2. The fourth-order valence-corrected chi connectivity index (χ4v) is 1.66. The van der Waals surface area contributed by atoms with Crippen LogP contribution in [0.2, 0.25) is 0 Å². The molecule has 0 saturated carbocycles. The van der Waals surface area contributed by atoms with Crippen LogP contribution in [0, 0.1) is 0 Å². The van der Waals surface area contributed by atoms with Gasteiger partial charge < -0.3 is 9.73 Å². The van der Waals surface area contributed by atoms with E-state index in [1.165, 1.54) is 31.0 Å². The number of carbonyl (C=O) groups excluding carboxylic acids is 1. The summed E-state index contributed by atoms with van der Waals surface area (Å²) in [5.74, 6) is -0.0705. The van der Waals surface area contributed by atoms with Crippen molar-refractivity contribution in [1.82, 2.24) is 4.98 Å². The molecule has 0 fully saturated rings. The maximum absolute atomic E-state index is 11.7. The lowest BCUT2D eigenvalue weighted by molar-refractivity contribution is 0.0996. The van der Waals surface area contributed by atoms with Crippen LogP contribution in [-0.2, 0) is 6.42 Å². The number of anilines is 1. The first-order valence-corrected chi connectivity index (χ1v) is 6.08. The van der Waals surface area contributed by atoms with Crippen LogP contribution in [0.4, 0.5) is 5.69 Å². The number of nitrogens with zero attached hydrogens (tertiary/aromatic N) is 1. The van der Waals surface area contributed by atoms with E-state index in [0.717, 1.165) is 12.1 Å². The number of oxazole rings is 1. The summed E-state index contributed by atoms with van der Waals surface area (Å²) >= 11 is 0. The molecule has 18 heavy (non-hydrogen) atoms. The lowest BCUT2D eigenvalue weighted by atomic mass is 10.1. The van der Waals surface area contributed by atoms with Crippen molar-refractivity contribution in [3.8, 4) is 0 Å². The Morgan fingerprint density at radius 2 is 2.11 bits per heavy atom. The van der Waals surface area contributed by atoms with Gasteiger partial charge in [-0.1, -0.05) is 25.5 Å². The highest BCUT2D eigenvalue weighted by molar-refractivity contribution is 6.01. The summed E-state index contributed by atoms with van der Waals surface area (Å²) < 4.78 is 4.92. The second kappa shape index (κ2) is 6.00. The van der Waals surface area contributed by atoms with E-state index in [2.05, 4.69) is 17.2 Å². The Morgan fingerprint density at radius 3 is 2.72 bits per heavy atom. The number of nitrogens with one attached hydrogen (secondary N) is 1. The summed E-state index contributed by atoms with van der Waals surface area (Å²) in [5, 5.41) is 2.75. The van der Waals surface area contributed by atoms with E-state index in [0.29, 0.717) is 0 Å². The third-order valence-corrected chi connectivity index (χ3v) is 2.69. The van der Waals surface area contributed by atoms with E-state index in [1.54, 1.807) is 0 Å². The average molecular weight is 244 g/mol. The number of rotatable bonds is 5. The second-order valence-corrected chi connectivity index (χ2v) is 4.12. The van der Waals surface area contributed by atoms with Crippen LogP contribution < -0.4 is 5.32 Å². The van der Waals surface area contributed by atoms with Crippen LogP contribution >= 0.6 is 0 Å². The zero-order valence-electron chi connectivity index (χ0n) is 10.3. The third-order valence-electron chi connectivity index (χ3n) is 2.69. The average Bonchev–Trinajstić information content (AvgIpc) is 2.92. The first-order valence-electron chi connectivity index (χ1n) is 6.08. The Labute approximate surface area is 106 Å². The Hall–Kier alpha value is -2.10. The molecule has 4 heteroatoms. The molecule has 1 N–H and O–H groups in total. The number of unbranched alkanes of at least 4 members (excludes halogenated alkanes) is 1. The van der Waals surface area contributed by atoms with E-state index in [-0.39, 0.29) is 11.7 Å². The summed E-state index contributed by atoms with van der Waals surface area (Å²) in [7, 11) is 0. The molecule has 2 rings (SSSR count). The first kappa shape index (κ1) is 12.4. The number of aryl methyl sites for hydroxylation is 1. The van der Waals surface area contributed by atoms with E-state index in [4.69, 9.17) is 4.42 Å². The van der Waals surface area contributed by atoms with Gasteiger partial charge in [-0.05, 0) is 30.5 Å². The number of aromatic nitrogens is 1. The van der Waals surface area contributed by atoms with Gasteiger partial charge in [0.05, 0.1) is 6.20 Å². The van der Waals surface area contributed by atoms with Crippen LogP contribution in [-0.4, -0.2) is 10.9 Å². The summed E-state index contributed by atoms with van der Waals surface area (Å²) in [5.41, 5.74) is 2.05. The summed E-state index contributed by atoms with van der Waals surface area (Å²) in [6.45, 7) is 2.17. The van der Waals surface area contributed by atoms with E-state index >= 15 is 0 Å². The maximum Gasteiger partial charge on any atom is 0.293 e. The van der Waals surface area contributed by atoms with Gasteiger partial charge in [-0.15, -0.1) is 0 Å². The lowest BCUT2D eigenvalue weighted by Crippen LogP contribution is -2.10. The van der Waals surface area contributed by atoms with Gasteiger partial charge in [-0.25, -0.2) is 4.98 Å². The Bertz CT molecular complexity index is 489. The Kier molecular flexibility index (Phi) is 4.12. The molecule has 94 valence electrons. The van der Waals surface area contributed by atoms with Crippen molar-refractivity contribution in [1.29, 1.82) is 0 Å². The van der Waals surface area contributed by atoms with Gasteiger partial charge in [0.2, 0.25) is 5.76 Å². The summed E-state index contributed by atoms with van der Waals surface area (Å²) in [6, 6.07) is 7.87. The molecule has 2 aromatic rings. The summed E-state index contributed by atoms with van der Waals surface area (Å²) in [6.07, 6.45) is 6.08. The predicted octanol–water partition coefficient (Wildman–Crippen LogP) is 3.27. The summed E-state index contributed by atoms with van der Waals surface area (Å²) in [4.78, 5) is 15.4. The minimum atomic E-state index is -0.284. The van der Waals surface area contributed by atoms with Crippen molar-refractivity contribution in [3.05, 3.63) is 48.2 Å². The maximum atomic E-state index is 11.7. The number of benzene rings is 1. The molecule has 0 bridgehead atoms. The molecule has 0 aliphatic rings. The molecule has 1 aromatic carbocycles. The fraction of sp³-hybridized carbons (Fsp3) is 0.286. The van der Waals surface area contributed by atoms with Crippen LogP contribution in [0.25, 0.3) is 0 Å². The SMILES string of the molecule is CCCCc1ccc(NC(=O)c2cnco2)cc1. The third kappa shape index (κ3) is 3.20. The number of amides is 1. The van der Waals surface area contributed by atoms with E-state index in [9.17, 15) is 4.79 Å². The topological polar surface area (TPSA) is 55.1 Å². The molecule has 0 radical (unpaired) electrons. The van der Waals surface area contributed by atoms with Gasteiger partial charge >= 0.3 is 0 Å². The highest BCUT2D eigenvalue weighted by Crippen LogP contribution is 2.13. The molecule has 0 unspecified atom stereocenters. The standard InChI is InChI=1S/C14H16N2O2/c1-2-3-4-11-5-7-12(8-6-11)16-14(17)13-9-15-10-18-13/h5-10H,2-4H2,1H3,(H,16,17). The number of hydrogen-bond acceptors (Lipinski definition) is 3.